The first-order chi connectivity index (χ1) is 12.4. The zero-order valence-corrected chi connectivity index (χ0v) is 16.3. The quantitative estimate of drug-likeness (QED) is 0.824. The average Bonchev–Trinajstić information content (AvgIpc) is 3.04. The van der Waals surface area contributed by atoms with E-state index in [1.54, 1.807) is 6.26 Å². The Labute approximate surface area is 156 Å². The van der Waals surface area contributed by atoms with Crippen molar-refractivity contribution in [3.05, 3.63) is 24.2 Å². The normalized spacial score (nSPS) is 42.4. The second-order valence-electron chi connectivity index (χ2n) is 10.6. The Balaban J connectivity index is 1.27. The fourth-order valence-corrected chi connectivity index (χ4v) is 7.75. The first kappa shape index (κ1) is 16.9. The zero-order chi connectivity index (χ0) is 18.0. The number of carbonyl (C=O) groups excluding carboxylic acids is 1. The zero-order valence-electron chi connectivity index (χ0n) is 16.3. The molecule has 0 aromatic carbocycles. The molecule has 0 spiro atoms. The highest BCUT2D eigenvalue weighted by Gasteiger charge is 2.63. The predicted molar refractivity (Wildman–Crippen MR) is 100 cm³/mol. The van der Waals surface area contributed by atoms with Gasteiger partial charge >= 0.3 is 0 Å². The highest BCUT2D eigenvalue weighted by Crippen LogP contribution is 2.69. The minimum Gasteiger partial charge on any atom is -0.468 e. The molecule has 1 amide bonds. The van der Waals surface area contributed by atoms with Gasteiger partial charge in [0.25, 0.3) is 0 Å². The van der Waals surface area contributed by atoms with E-state index in [2.05, 4.69) is 23.6 Å². The van der Waals surface area contributed by atoms with E-state index in [1.807, 2.05) is 12.1 Å². The van der Waals surface area contributed by atoms with Gasteiger partial charge in [0, 0.05) is 26.2 Å². The van der Waals surface area contributed by atoms with Crippen LogP contribution in [0.5, 0.6) is 0 Å². The van der Waals surface area contributed by atoms with Crippen molar-refractivity contribution in [2.75, 3.05) is 26.2 Å². The van der Waals surface area contributed by atoms with Crippen LogP contribution in [-0.2, 0) is 11.3 Å². The van der Waals surface area contributed by atoms with Crippen LogP contribution >= 0.6 is 0 Å². The summed E-state index contributed by atoms with van der Waals surface area (Å²) < 4.78 is 5.48. The Hall–Kier alpha value is -1.29. The van der Waals surface area contributed by atoms with Gasteiger partial charge in [-0.1, -0.05) is 13.8 Å². The molecular formula is C22H32N2O2. The van der Waals surface area contributed by atoms with Crippen molar-refractivity contribution >= 4 is 5.91 Å². The van der Waals surface area contributed by atoms with E-state index >= 15 is 0 Å². The number of rotatable bonds is 3. The van der Waals surface area contributed by atoms with Crippen LogP contribution in [0, 0.1) is 22.2 Å². The standard InChI is InChI=1S/C22H32N2O2/c1-20-10-17-11-21(2,14-20)16-22(12-17,15-20)19(25)24-7-5-23(6-8-24)13-18-4-3-9-26-18/h3-4,9,17H,5-8,10-16H2,1-2H3/t17?,20-,21-,22?/m1/s1. The van der Waals surface area contributed by atoms with E-state index in [0.717, 1.165) is 63.7 Å². The summed E-state index contributed by atoms with van der Waals surface area (Å²) in [6.45, 7) is 9.44. The van der Waals surface area contributed by atoms with E-state index in [-0.39, 0.29) is 5.41 Å². The van der Waals surface area contributed by atoms with Crippen molar-refractivity contribution in [3.63, 3.8) is 0 Å². The van der Waals surface area contributed by atoms with Gasteiger partial charge in [0.15, 0.2) is 0 Å². The molecule has 5 fully saturated rings. The molecule has 1 aromatic heterocycles. The summed E-state index contributed by atoms with van der Waals surface area (Å²) >= 11 is 0. The van der Waals surface area contributed by atoms with Crippen molar-refractivity contribution in [1.82, 2.24) is 9.80 Å². The number of furan rings is 1. The maximum absolute atomic E-state index is 13.6. The van der Waals surface area contributed by atoms with Gasteiger partial charge in [0.2, 0.25) is 5.91 Å². The van der Waals surface area contributed by atoms with Crippen LogP contribution in [0.25, 0.3) is 0 Å². The first-order valence-electron chi connectivity index (χ1n) is 10.4. The second-order valence-corrected chi connectivity index (χ2v) is 10.6. The molecule has 6 rings (SSSR count). The lowest BCUT2D eigenvalue weighted by atomic mass is 9.40. The molecule has 4 saturated carbocycles. The largest absolute Gasteiger partial charge is 0.468 e. The smallest absolute Gasteiger partial charge is 0.228 e. The third-order valence-electron chi connectivity index (χ3n) is 7.70. The fraction of sp³-hybridized carbons (Fsp3) is 0.773. The monoisotopic (exact) mass is 356 g/mol. The van der Waals surface area contributed by atoms with E-state index in [4.69, 9.17) is 4.42 Å². The SMILES string of the molecule is C[C@]12CC3CC(C(=O)N4CCN(Cc5ccco5)CC4)(C1)C[C@](C)(C3)C2. The molecule has 2 heterocycles. The molecule has 5 aliphatic rings. The average molecular weight is 357 g/mol. The maximum Gasteiger partial charge on any atom is 0.228 e. The van der Waals surface area contributed by atoms with Crippen molar-refractivity contribution in [1.29, 1.82) is 0 Å². The Morgan fingerprint density at radius 1 is 1.08 bits per heavy atom. The predicted octanol–water partition coefficient (Wildman–Crippen LogP) is 3.92. The summed E-state index contributed by atoms with van der Waals surface area (Å²) in [4.78, 5) is 18.2. The van der Waals surface area contributed by atoms with Gasteiger partial charge in [-0.3, -0.25) is 9.69 Å². The molecule has 0 radical (unpaired) electrons. The van der Waals surface area contributed by atoms with Gasteiger partial charge in [0.05, 0.1) is 18.2 Å². The van der Waals surface area contributed by atoms with Crippen molar-refractivity contribution < 1.29 is 9.21 Å². The fourth-order valence-electron chi connectivity index (χ4n) is 7.75. The summed E-state index contributed by atoms with van der Waals surface area (Å²) in [5.74, 6) is 2.29. The number of carbonyl (C=O) groups is 1. The summed E-state index contributed by atoms with van der Waals surface area (Å²) in [7, 11) is 0. The highest BCUT2D eigenvalue weighted by molar-refractivity contribution is 5.83. The number of nitrogens with zero attached hydrogens (tertiary/aromatic N) is 2. The Morgan fingerprint density at radius 3 is 2.35 bits per heavy atom. The molecule has 2 atom stereocenters. The highest BCUT2D eigenvalue weighted by atomic mass is 16.3. The second kappa shape index (κ2) is 5.60. The summed E-state index contributed by atoms with van der Waals surface area (Å²) in [6, 6.07) is 3.98. The molecule has 26 heavy (non-hydrogen) atoms. The lowest BCUT2D eigenvalue weighted by Gasteiger charge is -2.65. The summed E-state index contributed by atoms with van der Waals surface area (Å²) in [6.07, 6.45) is 9.22. The molecule has 1 saturated heterocycles. The third kappa shape index (κ3) is 2.72. The van der Waals surface area contributed by atoms with Crippen molar-refractivity contribution in [2.45, 2.75) is 58.9 Å². The van der Waals surface area contributed by atoms with Crippen LogP contribution in [0.1, 0.15) is 58.1 Å². The molecule has 4 nitrogen and oxygen atoms in total. The van der Waals surface area contributed by atoms with Gasteiger partial charge in [-0.15, -0.1) is 0 Å². The Bertz CT molecular complexity index is 671. The minimum atomic E-state index is -0.0495. The number of hydrogen-bond donors (Lipinski definition) is 0. The molecular weight excluding hydrogens is 324 g/mol. The molecule has 4 bridgehead atoms. The van der Waals surface area contributed by atoms with Crippen LogP contribution < -0.4 is 0 Å². The van der Waals surface area contributed by atoms with Crippen molar-refractivity contribution in [2.24, 2.45) is 22.2 Å². The van der Waals surface area contributed by atoms with Gasteiger partial charge in [-0.25, -0.2) is 0 Å². The molecule has 1 aliphatic heterocycles. The minimum absolute atomic E-state index is 0.0495. The van der Waals surface area contributed by atoms with Crippen LogP contribution in [0.2, 0.25) is 0 Å². The number of amides is 1. The van der Waals surface area contributed by atoms with Crippen LogP contribution in [0.4, 0.5) is 0 Å². The number of hydrogen-bond acceptors (Lipinski definition) is 3. The van der Waals surface area contributed by atoms with E-state index < -0.39 is 0 Å². The lowest BCUT2D eigenvalue weighted by molar-refractivity contribution is -0.180. The topological polar surface area (TPSA) is 36.7 Å². The molecule has 4 heteroatoms. The van der Waals surface area contributed by atoms with Crippen LogP contribution in [-0.4, -0.2) is 41.9 Å². The van der Waals surface area contributed by atoms with E-state index in [9.17, 15) is 4.79 Å². The van der Waals surface area contributed by atoms with Crippen molar-refractivity contribution in [3.8, 4) is 0 Å². The van der Waals surface area contributed by atoms with Gasteiger partial charge < -0.3 is 9.32 Å². The molecule has 0 unspecified atom stereocenters. The molecule has 1 aromatic rings. The van der Waals surface area contributed by atoms with Gasteiger partial charge in [0.1, 0.15) is 5.76 Å². The van der Waals surface area contributed by atoms with E-state index in [1.165, 1.54) is 19.3 Å². The molecule has 142 valence electrons. The lowest BCUT2D eigenvalue weighted by Crippen LogP contribution is -2.62. The Morgan fingerprint density at radius 2 is 1.77 bits per heavy atom. The molecule has 4 aliphatic carbocycles. The van der Waals surface area contributed by atoms with E-state index in [0.29, 0.717) is 16.7 Å². The Kier molecular flexibility index (Phi) is 3.63. The summed E-state index contributed by atoms with van der Waals surface area (Å²) in [5.41, 5.74) is 0.766. The number of piperazine rings is 1. The van der Waals surface area contributed by atoms with Crippen LogP contribution in [0.15, 0.2) is 22.8 Å². The first-order valence-corrected chi connectivity index (χ1v) is 10.4. The molecule has 0 N–H and O–H groups in total. The maximum atomic E-state index is 13.6. The van der Waals surface area contributed by atoms with Gasteiger partial charge in [-0.2, -0.15) is 0 Å². The van der Waals surface area contributed by atoms with Gasteiger partial charge in [-0.05, 0) is 67.4 Å². The third-order valence-corrected chi connectivity index (χ3v) is 7.70. The summed E-state index contributed by atoms with van der Waals surface area (Å²) in [5, 5.41) is 0. The van der Waals surface area contributed by atoms with Crippen LogP contribution in [0.3, 0.4) is 0 Å².